The maximum atomic E-state index is 12.5. The number of likely N-dealkylation sites (N-methyl/N-ethyl adjacent to an activating group) is 1. The lowest BCUT2D eigenvalue weighted by molar-refractivity contribution is -0.141. The molecule has 22 heavy (non-hydrogen) atoms. The van der Waals surface area contributed by atoms with E-state index < -0.39 is 17.9 Å². The van der Waals surface area contributed by atoms with E-state index in [1.165, 1.54) is 11.9 Å². The molecule has 0 spiro atoms. The molecule has 0 aliphatic heterocycles. The molecule has 1 aromatic heterocycles. The SMILES string of the molecule is Cc1noc(C)c1C(=O)N(C)[C@H](Cc1ccccc1)C(=O)O. The van der Waals surface area contributed by atoms with Gasteiger partial charge >= 0.3 is 5.97 Å². The molecule has 1 amide bonds. The number of benzene rings is 1. The molecule has 0 saturated carbocycles. The first-order valence-corrected chi connectivity index (χ1v) is 6.88. The summed E-state index contributed by atoms with van der Waals surface area (Å²) < 4.78 is 4.98. The van der Waals surface area contributed by atoms with Crippen LogP contribution in [0.1, 0.15) is 27.4 Å². The first-order chi connectivity index (χ1) is 10.4. The zero-order valence-corrected chi connectivity index (χ0v) is 12.7. The van der Waals surface area contributed by atoms with Crippen molar-refractivity contribution in [1.29, 1.82) is 0 Å². The van der Waals surface area contributed by atoms with Crippen LogP contribution in [0.15, 0.2) is 34.9 Å². The van der Waals surface area contributed by atoms with Crippen LogP contribution in [0.25, 0.3) is 0 Å². The van der Waals surface area contributed by atoms with Crippen LogP contribution in [0.4, 0.5) is 0 Å². The van der Waals surface area contributed by atoms with E-state index >= 15 is 0 Å². The number of carboxylic acid groups (broad SMARTS) is 1. The number of hydrogen-bond donors (Lipinski definition) is 1. The third-order valence-electron chi connectivity index (χ3n) is 3.59. The second-order valence-corrected chi connectivity index (χ2v) is 5.16. The monoisotopic (exact) mass is 302 g/mol. The highest BCUT2D eigenvalue weighted by Gasteiger charge is 2.30. The third-order valence-corrected chi connectivity index (χ3v) is 3.59. The van der Waals surface area contributed by atoms with E-state index in [-0.39, 0.29) is 6.42 Å². The van der Waals surface area contributed by atoms with Crippen molar-refractivity contribution in [2.75, 3.05) is 7.05 Å². The standard InChI is InChI=1S/C16H18N2O4/c1-10-14(11(2)22-17-10)15(19)18(3)13(16(20)21)9-12-7-5-4-6-8-12/h4-8,13H,9H2,1-3H3,(H,20,21)/t13-/m1/s1. The topological polar surface area (TPSA) is 83.6 Å². The lowest BCUT2D eigenvalue weighted by Gasteiger charge is -2.25. The largest absolute Gasteiger partial charge is 0.480 e. The van der Waals surface area contributed by atoms with E-state index in [9.17, 15) is 14.7 Å². The molecule has 116 valence electrons. The number of rotatable bonds is 5. The predicted molar refractivity (Wildman–Crippen MR) is 79.6 cm³/mol. The van der Waals surface area contributed by atoms with Crippen LogP contribution >= 0.6 is 0 Å². The van der Waals surface area contributed by atoms with Gasteiger partial charge in [-0.3, -0.25) is 4.79 Å². The molecule has 0 bridgehead atoms. The highest BCUT2D eigenvalue weighted by atomic mass is 16.5. The summed E-state index contributed by atoms with van der Waals surface area (Å²) in [5.41, 5.74) is 1.63. The molecule has 1 N–H and O–H groups in total. The lowest BCUT2D eigenvalue weighted by atomic mass is 10.0. The number of aliphatic carboxylic acids is 1. The summed E-state index contributed by atoms with van der Waals surface area (Å²) in [6.45, 7) is 3.29. The highest BCUT2D eigenvalue weighted by Crippen LogP contribution is 2.17. The van der Waals surface area contributed by atoms with Gasteiger partial charge < -0.3 is 14.5 Å². The zero-order valence-electron chi connectivity index (χ0n) is 12.7. The second-order valence-electron chi connectivity index (χ2n) is 5.16. The van der Waals surface area contributed by atoms with E-state index in [4.69, 9.17) is 4.52 Å². The quantitative estimate of drug-likeness (QED) is 0.914. The molecule has 0 saturated heterocycles. The first-order valence-electron chi connectivity index (χ1n) is 6.88. The van der Waals surface area contributed by atoms with Crippen molar-refractivity contribution in [1.82, 2.24) is 10.1 Å². The molecule has 0 fully saturated rings. The second kappa shape index (κ2) is 6.43. The Bertz CT molecular complexity index is 659. The van der Waals surface area contributed by atoms with E-state index in [0.29, 0.717) is 17.0 Å². The number of carbonyl (C=O) groups is 2. The number of nitrogens with zero attached hydrogens (tertiary/aromatic N) is 2. The summed E-state index contributed by atoms with van der Waals surface area (Å²) in [5, 5.41) is 13.2. The molecular formula is C16H18N2O4. The van der Waals surface area contributed by atoms with Crippen LogP contribution in [0, 0.1) is 13.8 Å². The molecule has 0 aliphatic rings. The van der Waals surface area contributed by atoms with Crippen molar-refractivity contribution >= 4 is 11.9 Å². The van der Waals surface area contributed by atoms with E-state index in [0.717, 1.165) is 5.56 Å². The minimum absolute atomic E-state index is 0.238. The van der Waals surface area contributed by atoms with Gasteiger partial charge in [0.15, 0.2) is 0 Å². The Kier molecular flexibility index (Phi) is 4.60. The lowest BCUT2D eigenvalue weighted by Crippen LogP contribution is -2.44. The van der Waals surface area contributed by atoms with Gasteiger partial charge in [0.05, 0.1) is 5.69 Å². The molecular weight excluding hydrogens is 284 g/mol. The van der Waals surface area contributed by atoms with E-state index in [1.54, 1.807) is 13.8 Å². The van der Waals surface area contributed by atoms with Crippen molar-refractivity contribution in [3.63, 3.8) is 0 Å². The average Bonchev–Trinajstić information content (AvgIpc) is 2.83. The molecule has 1 aromatic carbocycles. The third kappa shape index (κ3) is 3.16. The van der Waals surface area contributed by atoms with Gasteiger partial charge in [0.25, 0.3) is 5.91 Å². The van der Waals surface area contributed by atoms with Crippen LogP contribution in [0.2, 0.25) is 0 Å². The Balaban J connectivity index is 2.25. The van der Waals surface area contributed by atoms with E-state index in [1.807, 2.05) is 30.3 Å². The average molecular weight is 302 g/mol. The van der Waals surface area contributed by atoms with Crippen LogP contribution in [0.3, 0.4) is 0 Å². The molecule has 0 unspecified atom stereocenters. The predicted octanol–water partition coefficient (Wildman–Crippen LogP) is 2.06. The van der Waals surface area contributed by atoms with Gasteiger partial charge in [0.1, 0.15) is 17.4 Å². The van der Waals surface area contributed by atoms with E-state index in [2.05, 4.69) is 5.16 Å². The van der Waals surface area contributed by atoms with Crippen LogP contribution < -0.4 is 0 Å². The Morgan fingerprint density at radius 2 is 1.91 bits per heavy atom. The fraction of sp³-hybridized carbons (Fsp3) is 0.312. The summed E-state index contributed by atoms with van der Waals surface area (Å²) in [4.78, 5) is 25.3. The van der Waals surface area contributed by atoms with Crippen molar-refractivity contribution in [3.05, 3.63) is 52.9 Å². The zero-order chi connectivity index (χ0) is 16.3. The number of aromatic nitrogens is 1. The van der Waals surface area contributed by atoms with Gasteiger partial charge in [-0.05, 0) is 19.4 Å². The van der Waals surface area contributed by atoms with Crippen molar-refractivity contribution in [2.45, 2.75) is 26.3 Å². The van der Waals surface area contributed by atoms with Gasteiger partial charge in [0, 0.05) is 13.5 Å². The summed E-state index contributed by atoms with van der Waals surface area (Å²) in [6, 6.07) is 8.25. The van der Waals surface area contributed by atoms with Crippen LogP contribution in [-0.2, 0) is 11.2 Å². The molecule has 2 rings (SSSR count). The van der Waals surface area contributed by atoms with Gasteiger partial charge in [-0.1, -0.05) is 35.5 Å². The summed E-state index contributed by atoms with van der Waals surface area (Å²) >= 11 is 0. The van der Waals surface area contributed by atoms with Gasteiger partial charge in [-0.25, -0.2) is 4.79 Å². The molecule has 0 radical (unpaired) electrons. The number of amides is 1. The fourth-order valence-electron chi connectivity index (χ4n) is 2.33. The minimum atomic E-state index is -1.05. The normalized spacial score (nSPS) is 12.0. The molecule has 2 aromatic rings. The Hall–Kier alpha value is -2.63. The van der Waals surface area contributed by atoms with Gasteiger partial charge in [-0.15, -0.1) is 0 Å². The Labute approximate surface area is 128 Å². The molecule has 1 atom stereocenters. The Morgan fingerprint density at radius 3 is 2.41 bits per heavy atom. The number of carboxylic acids is 1. The van der Waals surface area contributed by atoms with Crippen molar-refractivity contribution in [2.24, 2.45) is 0 Å². The number of hydrogen-bond acceptors (Lipinski definition) is 4. The number of carbonyl (C=O) groups excluding carboxylic acids is 1. The van der Waals surface area contributed by atoms with Crippen molar-refractivity contribution in [3.8, 4) is 0 Å². The fourth-order valence-corrected chi connectivity index (χ4v) is 2.33. The maximum absolute atomic E-state index is 12.5. The highest BCUT2D eigenvalue weighted by molar-refractivity contribution is 5.98. The van der Waals surface area contributed by atoms with Gasteiger partial charge in [0.2, 0.25) is 0 Å². The molecule has 1 heterocycles. The molecule has 6 nitrogen and oxygen atoms in total. The van der Waals surface area contributed by atoms with Crippen molar-refractivity contribution < 1.29 is 19.2 Å². The molecule has 6 heteroatoms. The summed E-state index contributed by atoms with van der Waals surface area (Å²) in [6.07, 6.45) is 0.238. The molecule has 0 aliphatic carbocycles. The maximum Gasteiger partial charge on any atom is 0.326 e. The smallest absolute Gasteiger partial charge is 0.326 e. The minimum Gasteiger partial charge on any atom is -0.480 e. The summed E-state index contributed by atoms with van der Waals surface area (Å²) in [5.74, 6) is -1.07. The van der Waals surface area contributed by atoms with Crippen LogP contribution in [0.5, 0.6) is 0 Å². The number of aryl methyl sites for hydroxylation is 2. The Morgan fingerprint density at radius 1 is 1.27 bits per heavy atom. The summed E-state index contributed by atoms with van der Waals surface area (Å²) in [7, 11) is 1.48. The van der Waals surface area contributed by atoms with Crippen LogP contribution in [-0.4, -0.2) is 40.1 Å². The first kappa shape index (κ1) is 15.8. The van der Waals surface area contributed by atoms with Gasteiger partial charge in [-0.2, -0.15) is 0 Å².